The Morgan fingerprint density at radius 1 is 1.47 bits per heavy atom. The molecule has 0 radical (unpaired) electrons. The lowest BCUT2D eigenvalue weighted by molar-refractivity contribution is -0.121. The predicted octanol–water partition coefficient (Wildman–Crippen LogP) is 0.0300. The van der Waals surface area contributed by atoms with E-state index < -0.39 is 0 Å². The van der Waals surface area contributed by atoms with Crippen molar-refractivity contribution in [2.45, 2.75) is 19.9 Å². The van der Waals surface area contributed by atoms with E-state index in [2.05, 4.69) is 15.3 Å². The summed E-state index contributed by atoms with van der Waals surface area (Å²) in [5.41, 5.74) is 1.00. The fourth-order valence-electron chi connectivity index (χ4n) is 2.11. The van der Waals surface area contributed by atoms with Crippen LogP contribution in [0.3, 0.4) is 0 Å². The summed E-state index contributed by atoms with van der Waals surface area (Å²) in [6.07, 6.45) is 2.69. The van der Waals surface area contributed by atoms with Crippen molar-refractivity contribution in [1.82, 2.24) is 20.0 Å². The second-order valence-electron chi connectivity index (χ2n) is 4.79. The van der Waals surface area contributed by atoms with Crippen LogP contribution in [0.1, 0.15) is 12.1 Å². The minimum absolute atomic E-state index is 0.0220. The smallest absolute Gasteiger partial charge is 0.241 e. The number of ether oxygens (including phenoxy) is 1. The molecule has 1 aromatic heterocycles. The largest absolute Gasteiger partial charge is 0.379 e. The first kappa shape index (κ1) is 14.0. The van der Waals surface area contributed by atoms with Crippen molar-refractivity contribution in [3.05, 3.63) is 18.0 Å². The number of carbonyl (C=O) groups excluding carboxylic acids is 1. The molecule has 1 aliphatic rings. The van der Waals surface area contributed by atoms with Gasteiger partial charge in [-0.3, -0.25) is 14.4 Å². The fourth-order valence-corrected chi connectivity index (χ4v) is 2.11. The number of hydrogen-bond donors (Lipinski definition) is 1. The lowest BCUT2D eigenvalue weighted by atomic mass is 10.3. The average Bonchev–Trinajstić information content (AvgIpc) is 2.82. The van der Waals surface area contributed by atoms with Gasteiger partial charge in [0, 0.05) is 31.5 Å². The van der Waals surface area contributed by atoms with Crippen LogP contribution in [0.25, 0.3) is 0 Å². The molecule has 1 aromatic rings. The second-order valence-corrected chi connectivity index (χ2v) is 4.79. The van der Waals surface area contributed by atoms with Gasteiger partial charge in [0.1, 0.15) is 6.54 Å². The van der Waals surface area contributed by atoms with Crippen LogP contribution in [0.15, 0.2) is 12.3 Å². The Morgan fingerprint density at radius 2 is 2.26 bits per heavy atom. The fraction of sp³-hybridized carbons (Fsp3) is 0.692. The van der Waals surface area contributed by atoms with E-state index in [1.807, 2.05) is 13.0 Å². The van der Waals surface area contributed by atoms with Gasteiger partial charge in [-0.15, -0.1) is 0 Å². The van der Waals surface area contributed by atoms with E-state index in [4.69, 9.17) is 4.74 Å². The average molecular weight is 266 g/mol. The van der Waals surface area contributed by atoms with Gasteiger partial charge in [0.15, 0.2) is 0 Å². The van der Waals surface area contributed by atoms with Gasteiger partial charge in [-0.1, -0.05) is 0 Å². The monoisotopic (exact) mass is 266 g/mol. The number of nitrogens with one attached hydrogen (secondary N) is 1. The minimum atomic E-state index is 0.0220. The Bertz CT molecular complexity index is 399. The number of hydrogen-bond acceptors (Lipinski definition) is 4. The summed E-state index contributed by atoms with van der Waals surface area (Å²) in [5.74, 6) is 0.0220. The third-order valence-corrected chi connectivity index (χ3v) is 3.30. The number of aryl methyl sites for hydroxylation is 1. The molecule has 1 amide bonds. The maximum atomic E-state index is 11.7. The van der Waals surface area contributed by atoms with Gasteiger partial charge in [0.25, 0.3) is 0 Å². The molecule has 0 spiro atoms. The van der Waals surface area contributed by atoms with Gasteiger partial charge in [0.2, 0.25) is 5.91 Å². The number of morpholine rings is 1. The molecule has 6 nitrogen and oxygen atoms in total. The third kappa shape index (κ3) is 4.65. The van der Waals surface area contributed by atoms with Crippen molar-refractivity contribution in [1.29, 1.82) is 0 Å². The first-order valence-electron chi connectivity index (χ1n) is 6.81. The number of carbonyl (C=O) groups is 1. The molecular formula is C13H22N4O2. The summed E-state index contributed by atoms with van der Waals surface area (Å²) in [5, 5.41) is 7.02. The number of rotatable bonds is 6. The minimum Gasteiger partial charge on any atom is -0.379 e. The lowest BCUT2D eigenvalue weighted by Gasteiger charge is -2.26. The van der Waals surface area contributed by atoms with Crippen molar-refractivity contribution in [3.63, 3.8) is 0 Å². The van der Waals surface area contributed by atoms with Gasteiger partial charge >= 0.3 is 0 Å². The molecule has 19 heavy (non-hydrogen) atoms. The summed E-state index contributed by atoms with van der Waals surface area (Å²) in [7, 11) is 0. The number of nitrogens with zero attached hydrogens (tertiary/aromatic N) is 3. The van der Waals surface area contributed by atoms with Crippen molar-refractivity contribution in [3.8, 4) is 0 Å². The van der Waals surface area contributed by atoms with Crippen molar-refractivity contribution < 1.29 is 9.53 Å². The van der Waals surface area contributed by atoms with E-state index in [1.165, 1.54) is 0 Å². The number of aromatic nitrogens is 2. The Labute approximate surface area is 113 Å². The molecule has 0 bridgehead atoms. The van der Waals surface area contributed by atoms with Gasteiger partial charge in [0.05, 0.1) is 13.2 Å². The lowest BCUT2D eigenvalue weighted by Crippen LogP contribution is -2.38. The molecule has 0 atom stereocenters. The molecule has 0 saturated carbocycles. The molecule has 2 heterocycles. The van der Waals surface area contributed by atoms with Gasteiger partial charge in [-0.05, 0) is 26.0 Å². The van der Waals surface area contributed by atoms with Crippen LogP contribution in [-0.2, 0) is 16.1 Å². The topological polar surface area (TPSA) is 59.4 Å². The highest BCUT2D eigenvalue weighted by Gasteiger charge is 2.09. The Kier molecular flexibility index (Phi) is 5.35. The first-order chi connectivity index (χ1) is 9.25. The molecule has 106 valence electrons. The zero-order chi connectivity index (χ0) is 13.5. The summed E-state index contributed by atoms with van der Waals surface area (Å²) < 4.78 is 7.00. The van der Waals surface area contributed by atoms with E-state index in [-0.39, 0.29) is 5.91 Å². The second kappa shape index (κ2) is 7.25. The van der Waals surface area contributed by atoms with E-state index in [0.29, 0.717) is 6.54 Å². The molecule has 6 heteroatoms. The molecule has 0 aromatic carbocycles. The molecule has 0 unspecified atom stereocenters. The zero-order valence-electron chi connectivity index (χ0n) is 11.5. The maximum absolute atomic E-state index is 11.7. The van der Waals surface area contributed by atoms with Crippen molar-refractivity contribution >= 4 is 5.91 Å². The first-order valence-corrected chi connectivity index (χ1v) is 6.81. The third-order valence-electron chi connectivity index (χ3n) is 3.30. The van der Waals surface area contributed by atoms with E-state index in [9.17, 15) is 4.79 Å². The van der Waals surface area contributed by atoms with Gasteiger partial charge < -0.3 is 10.1 Å². The van der Waals surface area contributed by atoms with E-state index >= 15 is 0 Å². The van der Waals surface area contributed by atoms with Crippen LogP contribution in [0.5, 0.6) is 0 Å². The molecule has 0 aliphatic carbocycles. The predicted molar refractivity (Wildman–Crippen MR) is 71.8 cm³/mol. The van der Waals surface area contributed by atoms with Crippen molar-refractivity contribution in [2.75, 3.05) is 39.4 Å². The summed E-state index contributed by atoms with van der Waals surface area (Å²) in [6.45, 7) is 7.63. The molecule has 1 fully saturated rings. The van der Waals surface area contributed by atoms with Crippen LogP contribution >= 0.6 is 0 Å². The van der Waals surface area contributed by atoms with Gasteiger partial charge in [-0.2, -0.15) is 5.10 Å². The van der Waals surface area contributed by atoms with E-state index in [1.54, 1.807) is 10.9 Å². The molecule has 1 aliphatic heterocycles. The highest BCUT2D eigenvalue weighted by Crippen LogP contribution is 1.98. The summed E-state index contributed by atoms with van der Waals surface area (Å²) in [6, 6.07) is 1.89. The van der Waals surface area contributed by atoms with Gasteiger partial charge in [-0.25, -0.2) is 0 Å². The van der Waals surface area contributed by atoms with Crippen LogP contribution in [0.2, 0.25) is 0 Å². The van der Waals surface area contributed by atoms with Crippen LogP contribution < -0.4 is 5.32 Å². The van der Waals surface area contributed by atoms with Crippen molar-refractivity contribution in [2.24, 2.45) is 0 Å². The van der Waals surface area contributed by atoms with E-state index in [0.717, 1.165) is 51.5 Å². The Morgan fingerprint density at radius 3 is 2.95 bits per heavy atom. The molecular weight excluding hydrogens is 244 g/mol. The van der Waals surface area contributed by atoms with Crippen LogP contribution in [-0.4, -0.2) is 60.0 Å². The SMILES string of the molecule is Cc1ccnn1CC(=O)NCCCN1CCOCC1. The van der Waals surface area contributed by atoms with Crippen LogP contribution in [0.4, 0.5) is 0 Å². The maximum Gasteiger partial charge on any atom is 0.241 e. The Balaban J connectivity index is 1.57. The normalized spacial score (nSPS) is 16.5. The molecule has 1 saturated heterocycles. The number of amides is 1. The zero-order valence-corrected chi connectivity index (χ0v) is 11.5. The quantitative estimate of drug-likeness (QED) is 0.738. The summed E-state index contributed by atoms with van der Waals surface area (Å²) in [4.78, 5) is 14.1. The standard InChI is InChI=1S/C13H22N4O2/c1-12-3-5-15-17(12)11-13(18)14-4-2-6-16-7-9-19-10-8-16/h3,5H,2,4,6-11H2,1H3,(H,14,18). The summed E-state index contributed by atoms with van der Waals surface area (Å²) >= 11 is 0. The molecule has 1 N–H and O–H groups in total. The van der Waals surface area contributed by atoms with Crippen LogP contribution in [0, 0.1) is 6.92 Å². The highest BCUT2D eigenvalue weighted by atomic mass is 16.5. The molecule has 2 rings (SSSR count). The highest BCUT2D eigenvalue weighted by molar-refractivity contribution is 5.75. The Hall–Kier alpha value is -1.40.